The van der Waals surface area contributed by atoms with Gasteiger partial charge >= 0.3 is 0 Å². The molecule has 1 saturated carbocycles. The smallest absolute Gasteiger partial charge is 0.123 e. The Kier molecular flexibility index (Phi) is 3.79. The molecular formula is C14H21FN2. The predicted octanol–water partition coefficient (Wildman–Crippen LogP) is 2.62. The fraction of sp³-hybridized carbons (Fsp3) is 0.571. The first-order chi connectivity index (χ1) is 8.17. The van der Waals surface area contributed by atoms with Gasteiger partial charge in [0.2, 0.25) is 0 Å². The van der Waals surface area contributed by atoms with E-state index < -0.39 is 0 Å². The molecule has 1 unspecified atom stereocenters. The number of halogens is 1. The molecule has 1 aromatic carbocycles. The van der Waals surface area contributed by atoms with Crippen molar-refractivity contribution >= 4 is 0 Å². The third kappa shape index (κ3) is 2.67. The average Bonchev–Trinajstić information content (AvgIpc) is 3.13. The second kappa shape index (κ2) is 5.15. The first kappa shape index (κ1) is 12.5. The van der Waals surface area contributed by atoms with E-state index in [1.54, 1.807) is 6.07 Å². The Bertz CT molecular complexity index is 388. The highest BCUT2D eigenvalue weighted by molar-refractivity contribution is 5.30. The molecule has 94 valence electrons. The van der Waals surface area contributed by atoms with Gasteiger partial charge in [-0.05, 0) is 49.6 Å². The molecule has 0 heterocycles. The molecule has 0 bridgehead atoms. The van der Waals surface area contributed by atoms with Crippen LogP contribution in [0.1, 0.15) is 36.9 Å². The summed E-state index contributed by atoms with van der Waals surface area (Å²) in [4.78, 5) is 2.40. The van der Waals surface area contributed by atoms with Crippen LogP contribution in [0.3, 0.4) is 0 Å². The van der Waals surface area contributed by atoms with E-state index in [4.69, 9.17) is 5.73 Å². The van der Waals surface area contributed by atoms with Crippen molar-refractivity contribution in [2.45, 2.75) is 38.8 Å². The minimum absolute atomic E-state index is 0.156. The van der Waals surface area contributed by atoms with Gasteiger partial charge < -0.3 is 5.73 Å². The van der Waals surface area contributed by atoms with E-state index in [9.17, 15) is 4.39 Å². The summed E-state index contributed by atoms with van der Waals surface area (Å²) in [6, 6.07) is 5.80. The Labute approximate surface area is 103 Å². The summed E-state index contributed by atoms with van der Waals surface area (Å²) in [6.07, 6.45) is 2.50. The van der Waals surface area contributed by atoms with E-state index in [0.29, 0.717) is 12.6 Å². The van der Waals surface area contributed by atoms with Crippen LogP contribution in [0.5, 0.6) is 0 Å². The van der Waals surface area contributed by atoms with Gasteiger partial charge in [0.1, 0.15) is 5.82 Å². The molecule has 0 aliphatic heterocycles. The van der Waals surface area contributed by atoms with Crippen LogP contribution in [0.2, 0.25) is 0 Å². The van der Waals surface area contributed by atoms with Crippen molar-refractivity contribution in [1.29, 1.82) is 0 Å². The first-order valence-electron chi connectivity index (χ1n) is 6.39. The fourth-order valence-electron chi connectivity index (χ4n) is 2.55. The van der Waals surface area contributed by atoms with E-state index in [1.165, 1.54) is 18.9 Å². The van der Waals surface area contributed by atoms with Crippen molar-refractivity contribution < 1.29 is 4.39 Å². The van der Waals surface area contributed by atoms with Gasteiger partial charge in [-0.25, -0.2) is 4.39 Å². The maximum Gasteiger partial charge on any atom is 0.123 e. The molecular weight excluding hydrogens is 215 g/mol. The second-order valence-corrected chi connectivity index (χ2v) is 4.81. The molecule has 3 heteroatoms. The number of benzene rings is 1. The molecule has 1 aliphatic carbocycles. The first-order valence-corrected chi connectivity index (χ1v) is 6.39. The van der Waals surface area contributed by atoms with Crippen LogP contribution in [0.15, 0.2) is 18.2 Å². The van der Waals surface area contributed by atoms with Gasteiger partial charge in [-0.3, -0.25) is 4.90 Å². The number of nitrogens with zero attached hydrogens (tertiary/aromatic N) is 1. The maximum absolute atomic E-state index is 13.4. The van der Waals surface area contributed by atoms with E-state index in [2.05, 4.69) is 11.8 Å². The summed E-state index contributed by atoms with van der Waals surface area (Å²) >= 11 is 0. The van der Waals surface area contributed by atoms with Crippen LogP contribution in [-0.4, -0.2) is 24.0 Å². The van der Waals surface area contributed by atoms with Crippen LogP contribution in [0, 0.1) is 12.7 Å². The lowest BCUT2D eigenvalue weighted by atomic mass is 9.99. The van der Waals surface area contributed by atoms with E-state index in [-0.39, 0.29) is 11.9 Å². The van der Waals surface area contributed by atoms with Crippen LogP contribution in [0.25, 0.3) is 0 Å². The van der Waals surface area contributed by atoms with Crippen LogP contribution in [-0.2, 0) is 0 Å². The van der Waals surface area contributed by atoms with Crippen molar-refractivity contribution in [2.75, 3.05) is 13.1 Å². The molecule has 1 atom stereocenters. The Morgan fingerprint density at radius 2 is 2.18 bits per heavy atom. The molecule has 1 aliphatic rings. The summed E-state index contributed by atoms with van der Waals surface area (Å²) in [6.45, 7) is 5.70. The highest BCUT2D eigenvalue weighted by Gasteiger charge is 2.33. The number of likely N-dealkylation sites (N-methyl/N-ethyl adjacent to an activating group) is 1. The summed E-state index contributed by atoms with van der Waals surface area (Å²) in [5, 5.41) is 0. The Morgan fingerprint density at radius 1 is 1.47 bits per heavy atom. The van der Waals surface area contributed by atoms with E-state index in [0.717, 1.165) is 17.7 Å². The molecule has 0 saturated heterocycles. The molecule has 0 amide bonds. The van der Waals surface area contributed by atoms with E-state index >= 15 is 0 Å². The quantitative estimate of drug-likeness (QED) is 0.851. The summed E-state index contributed by atoms with van der Waals surface area (Å²) < 4.78 is 13.4. The fourth-order valence-corrected chi connectivity index (χ4v) is 2.55. The number of hydrogen-bond acceptors (Lipinski definition) is 2. The molecule has 2 N–H and O–H groups in total. The number of hydrogen-bond donors (Lipinski definition) is 1. The van der Waals surface area contributed by atoms with Gasteiger partial charge in [-0.2, -0.15) is 0 Å². The number of nitrogens with two attached hydrogens (primary N) is 1. The Morgan fingerprint density at radius 3 is 2.71 bits per heavy atom. The van der Waals surface area contributed by atoms with E-state index in [1.807, 2.05) is 13.0 Å². The number of aryl methyl sites for hydroxylation is 1. The lowest BCUT2D eigenvalue weighted by Gasteiger charge is -2.31. The monoisotopic (exact) mass is 236 g/mol. The molecule has 2 rings (SSSR count). The van der Waals surface area contributed by atoms with Crippen molar-refractivity contribution in [3.05, 3.63) is 35.1 Å². The van der Waals surface area contributed by atoms with Gasteiger partial charge in [0.05, 0.1) is 0 Å². The minimum Gasteiger partial charge on any atom is -0.329 e. The lowest BCUT2D eigenvalue weighted by molar-refractivity contribution is 0.201. The standard InChI is InChI=1S/C14H21FN2/c1-3-17(12-6-7-12)14(9-16)13-8-11(15)5-4-10(13)2/h4-5,8,12,14H,3,6-7,9,16H2,1-2H3. The minimum atomic E-state index is -0.170. The highest BCUT2D eigenvalue weighted by atomic mass is 19.1. The zero-order chi connectivity index (χ0) is 12.4. The van der Waals surface area contributed by atoms with Crippen molar-refractivity contribution in [1.82, 2.24) is 4.90 Å². The maximum atomic E-state index is 13.4. The molecule has 0 radical (unpaired) electrons. The second-order valence-electron chi connectivity index (χ2n) is 4.81. The lowest BCUT2D eigenvalue weighted by Crippen LogP contribution is -2.35. The molecule has 1 aromatic rings. The molecule has 2 nitrogen and oxygen atoms in total. The summed E-state index contributed by atoms with van der Waals surface area (Å²) in [7, 11) is 0. The third-order valence-corrected chi connectivity index (χ3v) is 3.60. The SMILES string of the molecule is CCN(C1CC1)C(CN)c1cc(F)ccc1C. The molecule has 0 aromatic heterocycles. The highest BCUT2D eigenvalue weighted by Crippen LogP contribution is 2.34. The van der Waals surface area contributed by atoms with Gasteiger partial charge in [-0.1, -0.05) is 13.0 Å². The normalized spacial score (nSPS) is 17.5. The Hall–Kier alpha value is -0.930. The van der Waals surface area contributed by atoms with Crippen LogP contribution in [0.4, 0.5) is 4.39 Å². The molecule has 0 spiro atoms. The van der Waals surface area contributed by atoms with Gasteiger partial charge in [0, 0.05) is 18.6 Å². The molecule has 1 fully saturated rings. The average molecular weight is 236 g/mol. The zero-order valence-corrected chi connectivity index (χ0v) is 10.6. The van der Waals surface area contributed by atoms with Crippen molar-refractivity contribution in [3.63, 3.8) is 0 Å². The number of rotatable bonds is 5. The largest absolute Gasteiger partial charge is 0.329 e. The topological polar surface area (TPSA) is 29.3 Å². The third-order valence-electron chi connectivity index (χ3n) is 3.60. The Balaban J connectivity index is 2.29. The summed E-state index contributed by atoms with van der Waals surface area (Å²) in [5.41, 5.74) is 8.07. The van der Waals surface area contributed by atoms with Crippen molar-refractivity contribution in [3.8, 4) is 0 Å². The predicted molar refractivity (Wildman–Crippen MR) is 68.3 cm³/mol. The molecule has 17 heavy (non-hydrogen) atoms. The van der Waals surface area contributed by atoms with Crippen molar-refractivity contribution in [2.24, 2.45) is 5.73 Å². The van der Waals surface area contributed by atoms with Gasteiger partial charge in [0.15, 0.2) is 0 Å². The zero-order valence-electron chi connectivity index (χ0n) is 10.6. The van der Waals surface area contributed by atoms with Crippen LogP contribution >= 0.6 is 0 Å². The van der Waals surface area contributed by atoms with Gasteiger partial charge in [0.25, 0.3) is 0 Å². The summed E-state index contributed by atoms with van der Waals surface area (Å²) in [5.74, 6) is -0.170. The van der Waals surface area contributed by atoms with Crippen LogP contribution < -0.4 is 5.73 Å². The van der Waals surface area contributed by atoms with Gasteiger partial charge in [-0.15, -0.1) is 0 Å².